The minimum atomic E-state index is -1.68. The second-order valence-corrected chi connectivity index (χ2v) is 7.29. The molecule has 0 saturated carbocycles. The number of likely N-dealkylation sites (tertiary alicyclic amines) is 1. The van der Waals surface area contributed by atoms with Crippen molar-refractivity contribution in [1.82, 2.24) is 14.3 Å². The first-order chi connectivity index (χ1) is 13.8. The molecular weight excluding hydrogens is 394 g/mol. The number of nitrogens with zero attached hydrogens (tertiary/aromatic N) is 3. The Labute approximate surface area is 171 Å². The number of pyridine rings is 1. The van der Waals surface area contributed by atoms with Gasteiger partial charge in [-0.1, -0.05) is 35.6 Å². The van der Waals surface area contributed by atoms with Crippen LogP contribution in [-0.4, -0.2) is 55.6 Å². The number of rotatable bonds is 2. The third-order valence-corrected chi connectivity index (χ3v) is 5.09. The minimum Gasteiger partial charge on any atom is -0.475 e. The van der Waals surface area contributed by atoms with E-state index in [2.05, 4.69) is 16.8 Å². The Morgan fingerprint density at radius 2 is 2.10 bits per heavy atom. The van der Waals surface area contributed by atoms with Crippen molar-refractivity contribution >= 4 is 29.0 Å². The summed E-state index contributed by atoms with van der Waals surface area (Å²) in [5, 5.41) is 20.4. The summed E-state index contributed by atoms with van der Waals surface area (Å²) in [6.45, 7) is 0.448. The highest BCUT2D eigenvalue weighted by Crippen LogP contribution is 2.28. The summed E-state index contributed by atoms with van der Waals surface area (Å²) < 4.78 is 1.46. The maximum absolute atomic E-state index is 12.1. The number of aliphatic hydroxyl groups is 1. The number of carboxylic acid groups (broad SMARTS) is 1. The van der Waals surface area contributed by atoms with E-state index in [1.54, 1.807) is 49.6 Å². The number of hydrogen-bond acceptors (Lipinski definition) is 4. The molecule has 3 heterocycles. The molecule has 2 aromatic heterocycles. The topological polar surface area (TPSA) is 95.1 Å². The lowest BCUT2D eigenvalue weighted by Gasteiger charge is -2.13. The Bertz CT molecular complexity index is 1220. The van der Waals surface area contributed by atoms with Crippen molar-refractivity contribution < 1.29 is 19.8 Å². The number of halogens is 1. The van der Waals surface area contributed by atoms with Gasteiger partial charge in [0.15, 0.2) is 0 Å². The molecule has 8 heteroatoms. The molecule has 7 nitrogen and oxygen atoms in total. The van der Waals surface area contributed by atoms with Gasteiger partial charge in [-0.2, -0.15) is 0 Å². The quantitative estimate of drug-likeness (QED) is 0.633. The fourth-order valence-corrected chi connectivity index (χ4v) is 3.47. The smallest absolute Gasteiger partial charge is 0.372 e. The van der Waals surface area contributed by atoms with Crippen LogP contribution in [0.25, 0.3) is 16.8 Å². The van der Waals surface area contributed by atoms with Gasteiger partial charge in [-0.15, -0.1) is 0 Å². The number of imidazole rings is 1. The number of fused-ring (bicyclic) bond motifs is 1. The molecule has 146 valence electrons. The van der Waals surface area contributed by atoms with Crippen molar-refractivity contribution in [2.45, 2.75) is 12.0 Å². The zero-order valence-electron chi connectivity index (χ0n) is 15.4. The lowest BCUT2D eigenvalue weighted by molar-refractivity contribution is -0.137. The van der Waals surface area contributed by atoms with Gasteiger partial charge in [0.1, 0.15) is 0 Å². The normalized spacial score (nSPS) is 18.7. The molecule has 0 aliphatic carbocycles. The van der Waals surface area contributed by atoms with Crippen LogP contribution < -0.4 is 0 Å². The second-order valence-electron chi connectivity index (χ2n) is 6.86. The average molecular weight is 410 g/mol. The van der Waals surface area contributed by atoms with Crippen LogP contribution in [0, 0.1) is 11.8 Å². The monoisotopic (exact) mass is 409 g/mol. The maximum Gasteiger partial charge on any atom is 0.372 e. The molecule has 0 bridgehead atoms. The van der Waals surface area contributed by atoms with Gasteiger partial charge in [-0.05, 0) is 24.3 Å². The van der Waals surface area contributed by atoms with Crippen LogP contribution in [0.15, 0.2) is 42.6 Å². The molecule has 0 spiro atoms. The Balaban J connectivity index is 1.78. The molecule has 4 rings (SSSR count). The summed E-state index contributed by atoms with van der Waals surface area (Å²) in [7, 11) is 1.62. The largest absolute Gasteiger partial charge is 0.475 e. The highest BCUT2D eigenvalue weighted by atomic mass is 35.5. The van der Waals surface area contributed by atoms with E-state index in [4.69, 9.17) is 11.6 Å². The first kappa shape index (κ1) is 19.0. The second kappa shape index (κ2) is 6.92. The van der Waals surface area contributed by atoms with E-state index in [-0.39, 0.29) is 12.2 Å². The molecule has 1 aromatic carbocycles. The number of aromatic nitrogens is 2. The molecule has 1 saturated heterocycles. The van der Waals surface area contributed by atoms with Crippen molar-refractivity contribution in [1.29, 1.82) is 0 Å². The third kappa shape index (κ3) is 3.33. The molecule has 1 aliphatic heterocycles. The lowest BCUT2D eigenvalue weighted by Crippen LogP contribution is -2.37. The van der Waals surface area contributed by atoms with Crippen molar-refractivity contribution in [2.24, 2.45) is 0 Å². The SMILES string of the molecule is CN1CC[C@@](O)(C#Cc2cccc(-c3nc(C(=O)O)n4ccc(Cl)cc34)c2)C1=O. The van der Waals surface area contributed by atoms with Crippen molar-refractivity contribution in [3.8, 4) is 23.1 Å². The number of carbonyl (C=O) groups excluding carboxylic acids is 1. The van der Waals surface area contributed by atoms with E-state index in [9.17, 15) is 19.8 Å². The van der Waals surface area contributed by atoms with Crippen LogP contribution >= 0.6 is 11.6 Å². The van der Waals surface area contributed by atoms with E-state index in [1.165, 1.54) is 9.30 Å². The molecule has 1 aliphatic rings. The van der Waals surface area contributed by atoms with Gasteiger partial charge in [-0.25, -0.2) is 9.78 Å². The number of carbonyl (C=O) groups is 2. The number of hydrogen-bond donors (Lipinski definition) is 2. The zero-order valence-corrected chi connectivity index (χ0v) is 16.1. The van der Waals surface area contributed by atoms with E-state index in [0.717, 1.165) is 0 Å². The first-order valence-corrected chi connectivity index (χ1v) is 9.19. The van der Waals surface area contributed by atoms with E-state index in [0.29, 0.717) is 33.9 Å². The summed E-state index contributed by atoms with van der Waals surface area (Å²) in [5.41, 5.74) is 0.523. The van der Waals surface area contributed by atoms with E-state index in [1.807, 2.05) is 0 Å². The van der Waals surface area contributed by atoms with Gasteiger partial charge in [0.25, 0.3) is 5.91 Å². The predicted molar refractivity (Wildman–Crippen MR) is 107 cm³/mol. The highest BCUT2D eigenvalue weighted by Gasteiger charge is 2.42. The van der Waals surface area contributed by atoms with Crippen molar-refractivity contribution in [3.05, 3.63) is 59.0 Å². The predicted octanol–water partition coefficient (Wildman–Crippen LogP) is 2.30. The Morgan fingerprint density at radius 3 is 2.79 bits per heavy atom. The summed E-state index contributed by atoms with van der Waals surface area (Å²) in [5.74, 6) is 3.83. The van der Waals surface area contributed by atoms with Crippen molar-refractivity contribution in [3.63, 3.8) is 0 Å². The summed E-state index contributed by atoms with van der Waals surface area (Å²) in [6.07, 6.45) is 1.81. The Kier molecular flexibility index (Phi) is 4.53. The molecule has 1 amide bonds. The maximum atomic E-state index is 12.1. The zero-order chi connectivity index (χ0) is 20.8. The van der Waals surface area contributed by atoms with Gasteiger partial charge >= 0.3 is 5.97 Å². The van der Waals surface area contributed by atoms with Gasteiger partial charge in [0.2, 0.25) is 11.4 Å². The van der Waals surface area contributed by atoms with Gasteiger partial charge in [-0.3, -0.25) is 9.20 Å². The number of likely N-dealkylation sites (N-methyl/N-ethyl adjacent to an activating group) is 1. The third-order valence-electron chi connectivity index (χ3n) is 4.86. The lowest BCUT2D eigenvalue weighted by atomic mass is 10.0. The summed E-state index contributed by atoms with van der Waals surface area (Å²) >= 11 is 6.09. The fourth-order valence-electron chi connectivity index (χ4n) is 3.31. The van der Waals surface area contributed by atoms with E-state index >= 15 is 0 Å². The van der Waals surface area contributed by atoms with Crippen LogP contribution in [-0.2, 0) is 4.79 Å². The molecule has 3 aromatic rings. The first-order valence-electron chi connectivity index (χ1n) is 8.81. The van der Waals surface area contributed by atoms with Crippen molar-refractivity contribution in [2.75, 3.05) is 13.6 Å². The number of aromatic carboxylic acids is 1. The molecule has 0 radical (unpaired) electrons. The van der Waals surface area contributed by atoms with Crippen LogP contribution in [0.5, 0.6) is 0 Å². The van der Waals surface area contributed by atoms with Crippen LogP contribution in [0.3, 0.4) is 0 Å². The molecule has 2 N–H and O–H groups in total. The average Bonchev–Trinajstić information content (AvgIpc) is 3.20. The molecule has 1 fully saturated rings. The summed E-state index contributed by atoms with van der Waals surface area (Å²) in [6, 6.07) is 10.2. The molecular formula is C21H16ClN3O4. The molecule has 0 unspecified atom stereocenters. The Morgan fingerprint density at radius 1 is 1.31 bits per heavy atom. The van der Waals surface area contributed by atoms with E-state index < -0.39 is 17.5 Å². The van der Waals surface area contributed by atoms with Gasteiger partial charge in [0.05, 0.1) is 11.2 Å². The van der Waals surface area contributed by atoms with Crippen LogP contribution in [0.1, 0.15) is 22.6 Å². The fraction of sp³-hybridized carbons (Fsp3) is 0.190. The van der Waals surface area contributed by atoms with Gasteiger partial charge < -0.3 is 15.1 Å². The van der Waals surface area contributed by atoms with Gasteiger partial charge in [0, 0.05) is 42.4 Å². The summed E-state index contributed by atoms with van der Waals surface area (Å²) in [4.78, 5) is 29.3. The number of benzene rings is 1. The van der Waals surface area contributed by atoms with Crippen LogP contribution in [0.4, 0.5) is 0 Å². The molecule has 29 heavy (non-hydrogen) atoms. The number of amides is 1. The Hall–Kier alpha value is -3.34. The minimum absolute atomic E-state index is 0.128. The molecule has 1 atom stereocenters. The standard InChI is InChI=1S/C21H16ClN3O4/c1-24-10-8-21(29,20(24)28)7-5-13-3-2-4-14(11-13)17-16-12-15(22)6-9-25(16)18(23-17)19(26)27/h2-4,6,9,11-12,29H,8,10H2,1H3,(H,26,27)/t21-/m0/s1. The number of carboxylic acids is 1. The highest BCUT2D eigenvalue weighted by molar-refractivity contribution is 6.31. The van der Waals surface area contributed by atoms with Crippen LogP contribution in [0.2, 0.25) is 5.02 Å².